The highest BCUT2D eigenvalue weighted by Gasteiger charge is 2.17. The highest BCUT2D eigenvalue weighted by Crippen LogP contribution is 2.36. The molecule has 4 nitrogen and oxygen atoms in total. The minimum Gasteiger partial charge on any atom is -0.456 e. The third kappa shape index (κ3) is 4.14. The van der Waals surface area contributed by atoms with Crippen LogP contribution in [-0.2, 0) is 0 Å². The number of hydrogen-bond acceptors (Lipinski definition) is 4. The van der Waals surface area contributed by atoms with Crippen molar-refractivity contribution in [3.63, 3.8) is 0 Å². The Labute approximate surface area is 243 Å². The third-order valence-corrected chi connectivity index (χ3v) is 7.21. The predicted molar refractivity (Wildman–Crippen MR) is 166 cm³/mol. The van der Waals surface area contributed by atoms with Crippen LogP contribution in [0.2, 0.25) is 0 Å². The number of para-hydroxylation sites is 1. The van der Waals surface area contributed by atoms with Gasteiger partial charge < -0.3 is 4.42 Å². The fraction of sp³-hybridized carbons (Fsp3) is 0. The first-order chi connectivity index (χ1) is 22.4. The van der Waals surface area contributed by atoms with Crippen LogP contribution in [-0.4, -0.2) is 15.0 Å². The van der Waals surface area contributed by atoms with Crippen molar-refractivity contribution in [3.05, 3.63) is 139 Å². The van der Waals surface area contributed by atoms with Crippen LogP contribution in [0, 0.1) is 0 Å². The van der Waals surface area contributed by atoms with Crippen LogP contribution in [0.15, 0.2) is 144 Å². The van der Waals surface area contributed by atoms with Crippen molar-refractivity contribution in [1.82, 2.24) is 15.0 Å². The van der Waals surface area contributed by atoms with Gasteiger partial charge in [-0.2, -0.15) is 0 Å². The van der Waals surface area contributed by atoms with Gasteiger partial charge in [0.15, 0.2) is 17.5 Å². The van der Waals surface area contributed by atoms with Gasteiger partial charge in [-0.15, -0.1) is 0 Å². The molecule has 8 rings (SSSR count). The third-order valence-electron chi connectivity index (χ3n) is 7.21. The molecule has 2 heterocycles. The highest BCUT2D eigenvalue weighted by molar-refractivity contribution is 6.11. The van der Waals surface area contributed by atoms with Crippen LogP contribution in [0.5, 0.6) is 0 Å². The molecule has 4 heteroatoms. The second-order valence-corrected chi connectivity index (χ2v) is 9.73. The molecule has 2 aromatic heterocycles. The second-order valence-electron chi connectivity index (χ2n) is 9.73. The van der Waals surface area contributed by atoms with E-state index < -0.39 is 18.1 Å². The second kappa shape index (κ2) is 9.54. The van der Waals surface area contributed by atoms with Crippen molar-refractivity contribution in [3.8, 4) is 45.3 Å². The van der Waals surface area contributed by atoms with Crippen LogP contribution in [0.25, 0.3) is 78.0 Å². The standard InChI is InChI=1S/C37H23N3O/c1-3-10-24(11-4-1)26-18-19-28-23-29(21-20-27(28)22-26)36-38-35(25-12-5-2-6-13-25)39-37(40-36)31-15-9-17-33-34(31)30-14-7-8-16-32(30)41-33/h1-23H/i2D,5D,6D,12D,13D. The molecule has 0 spiro atoms. The minimum absolute atomic E-state index is 0.0127. The van der Waals surface area contributed by atoms with Gasteiger partial charge in [0.05, 0.1) is 6.85 Å². The molecule has 41 heavy (non-hydrogen) atoms. The Balaban J connectivity index is 1.37. The Bertz CT molecular complexity index is 2470. The topological polar surface area (TPSA) is 51.8 Å². The van der Waals surface area contributed by atoms with Crippen LogP contribution in [0.3, 0.4) is 0 Å². The average molecular weight is 531 g/mol. The molecule has 0 N–H and O–H groups in total. The summed E-state index contributed by atoms with van der Waals surface area (Å²) in [6, 6.07) is 33.5. The van der Waals surface area contributed by atoms with Crippen LogP contribution < -0.4 is 0 Å². The lowest BCUT2D eigenvalue weighted by Crippen LogP contribution is -2.00. The van der Waals surface area contributed by atoms with E-state index >= 15 is 0 Å². The smallest absolute Gasteiger partial charge is 0.164 e. The molecule has 8 aromatic rings. The summed E-state index contributed by atoms with van der Waals surface area (Å²) in [4.78, 5) is 14.4. The normalized spacial score (nSPS) is 13.1. The maximum Gasteiger partial charge on any atom is 0.164 e. The van der Waals surface area contributed by atoms with Gasteiger partial charge in [-0.3, -0.25) is 0 Å². The van der Waals surface area contributed by atoms with Gasteiger partial charge in [0, 0.05) is 27.5 Å². The minimum atomic E-state index is -0.479. The van der Waals surface area contributed by atoms with E-state index in [4.69, 9.17) is 26.2 Å². The first kappa shape index (κ1) is 18.6. The van der Waals surface area contributed by atoms with E-state index in [-0.39, 0.29) is 23.5 Å². The lowest BCUT2D eigenvalue weighted by molar-refractivity contribution is 0.669. The molecular weight excluding hydrogens is 502 g/mol. The molecule has 0 unspecified atom stereocenters. The summed E-state index contributed by atoms with van der Waals surface area (Å²) in [6.07, 6.45) is 0. The van der Waals surface area contributed by atoms with Crippen LogP contribution >= 0.6 is 0 Å². The monoisotopic (exact) mass is 530 g/mol. The summed E-state index contributed by atoms with van der Waals surface area (Å²) in [7, 11) is 0. The summed E-state index contributed by atoms with van der Waals surface area (Å²) in [5.74, 6) is 0.593. The molecule has 0 fully saturated rings. The molecule has 192 valence electrons. The fourth-order valence-corrected chi connectivity index (χ4v) is 5.26. The SMILES string of the molecule is [2H]c1c([2H])c([2H])c(-c2nc(-c3ccc4cc(-c5ccccc5)ccc4c3)nc(-c3cccc4oc5ccccc5c34)n2)c([2H])c1[2H]. The number of rotatable bonds is 4. The van der Waals surface area contributed by atoms with Crippen LogP contribution in [0.4, 0.5) is 0 Å². The summed E-state index contributed by atoms with van der Waals surface area (Å²) in [5.41, 5.74) is 4.88. The van der Waals surface area contributed by atoms with Gasteiger partial charge in [0.1, 0.15) is 11.2 Å². The summed E-state index contributed by atoms with van der Waals surface area (Å²) < 4.78 is 48.1. The lowest BCUT2D eigenvalue weighted by Gasteiger charge is -2.10. The quantitative estimate of drug-likeness (QED) is 0.227. The van der Waals surface area contributed by atoms with E-state index in [9.17, 15) is 0 Å². The van der Waals surface area contributed by atoms with Gasteiger partial charge in [-0.05, 0) is 46.2 Å². The van der Waals surface area contributed by atoms with Crippen LogP contribution in [0.1, 0.15) is 6.85 Å². The Morgan fingerprint density at radius 1 is 0.488 bits per heavy atom. The molecular formula is C37H23N3O. The molecule has 0 bridgehead atoms. The molecule has 0 aliphatic rings. The molecule has 0 amide bonds. The van der Waals surface area contributed by atoms with Crippen molar-refractivity contribution in [2.75, 3.05) is 0 Å². The Morgan fingerprint density at radius 3 is 1.98 bits per heavy atom. The number of aromatic nitrogens is 3. The molecule has 0 radical (unpaired) electrons. The van der Waals surface area contributed by atoms with Crippen molar-refractivity contribution < 1.29 is 11.3 Å². The Morgan fingerprint density at radius 2 is 1.15 bits per heavy atom. The number of benzene rings is 6. The van der Waals surface area contributed by atoms with E-state index in [1.165, 1.54) is 0 Å². The largest absolute Gasteiger partial charge is 0.456 e. The van der Waals surface area contributed by atoms with Gasteiger partial charge in [-0.1, -0.05) is 115 Å². The Hall–Kier alpha value is -5.61. The predicted octanol–water partition coefficient (Wildman–Crippen LogP) is 9.59. The molecule has 0 aliphatic carbocycles. The van der Waals surface area contributed by atoms with Crippen molar-refractivity contribution >= 4 is 32.7 Å². The molecule has 0 aliphatic heterocycles. The van der Waals surface area contributed by atoms with E-state index in [1.807, 2.05) is 78.9 Å². The molecule has 6 aromatic carbocycles. The van der Waals surface area contributed by atoms with E-state index in [2.05, 4.69) is 30.3 Å². The zero-order valence-corrected chi connectivity index (χ0v) is 21.6. The van der Waals surface area contributed by atoms with Gasteiger partial charge in [0.25, 0.3) is 0 Å². The first-order valence-electron chi connectivity index (χ1n) is 15.7. The maximum atomic E-state index is 8.65. The zero-order chi connectivity index (χ0) is 31.5. The van der Waals surface area contributed by atoms with E-state index in [0.29, 0.717) is 28.4 Å². The summed E-state index contributed by atoms with van der Waals surface area (Å²) >= 11 is 0. The number of fused-ring (bicyclic) bond motifs is 4. The zero-order valence-electron chi connectivity index (χ0n) is 26.6. The number of nitrogens with zero attached hydrogens (tertiary/aromatic N) is 3. The molecule has 0 saturated heterocycles. The van der Waals surface area contributed by atoms with E-state index in [1.54, 1.807) is 0 Å². The van der Waals surface area contributed by atoms with Crippen molar-refractivity contribution in [2.24, 2.45) is 0 Å². The lowest BCUT2D eigenvalue weighted by atomic mass is 10.00. The number of furan rings is 1. The fourth-order valence-electron chi connectivity index (χ4n) is 5.26. The van der Waals surface area contributed by atoms with Gasteiger partial charge >= 0.3 is 0 Å². The first-order valence-corrected chi connectivity index (χ1v) is 13.2. The Kier molecular flexibility index (Phi) is 4.34. The highest BCUT2D eigenvalue weighted by atomic mass is 16.3. The van der Waals surface area contributed by atoms with Crippen molar-refractivity contribution in [1.29, 1.82) is 0 Å². The van der Waals surface area contributed by atoms with Crippen molar-refractivity contribution in [2.45, 2.75) is 0 Å². The van der Waals surface area contributed by atoms with Gasteiger partial charge in [0.2, 0.25) is 0 Å². The van der Waals surface area contributed by atoms with E-state index in [0.717, 1.165) is 38.3 Å². The summed E-state index contributed by atoms with van der Waals surface area (Å²) in [5, 5.41) is 3.72. The maximum absolute atomic E-state index is 8.65. The molecule has 0 saturated carbocycles. The number of hydrogen-bond donors (Lipinski definition) is 0. The van der Waals surface area contributed by atoms with Gasteiger partial charge in [-0.25, -0.2) is 15.0 Å². The molecule has 0 atom stereocenters. The average Bonchev–Trinajstić information content (AvgIpc) is 3.49. The summed E-state index contributed by atoms with van der Waals surface area (Å²) in [6.45, 7) is 0.